The Bertz CT molecular complexity index is 443. The Hall–Kier alpha value is -0.853. The number of ether oxygens (including phenoxy) is 2. The van der Waals surface area contributed by atoms with Crippen LogP contribution in [0.1, 0.15) is 12.1 Å². The van der Waals surface area contributed by atoms with Crippen LogP contribution in [-0.2, 0) is 27.4 Å². The summed E-state index contributed by atoms with van der Waals surface area (Å²) in [6, 6.07) is 1.12. The number of imidazole rings is 1. The Morgan fingerprint density at radius 2 is 2.15 bits per heavy atom. The molecular formula is C13H23ClN2O3Si. The molecule has 0 aliphatic carbocycles. The van der Waals surface area contributed by atoms with E-state index in [9.17, 15) is 4.79 Å². The monoisotopic (exact) mass is 318 g/mol. The van der Waals surface area contributed by atoms with E-state index in [1.54, 1.807) is 6.33 Å². The van der Waals surface area contributed by atoms with Gasteiger partial charge in [-0.15, -0.1) is 0 Å². The summed E-state index contributed by atoms with van der Waals surface area (Å²) in [7, 11) is 0.300. The quantitative estimate of drug-likeness (QED) is 0.420. The van der Waals surface area contributed by atoms with Gasteiger partial charge in [0.15, 0.2) is 0 Å². The summed E-state index contributed by atoms with van der Waals surface area (Å²) in [6.07, 6.45) is 2.43. The summed E-state index contributed by atoms with van der Waals surface area (Å²) in [5, 5.41) is 0.419. The molecule has 114 valence electrons. The van der Waals surface area contributed by atoms with E-state index in [1.807, 2.05) is 4.57 Å². The highest BCUT2D eigenvalue weighted by molar-refractivity contribution is 6.76. The topological polar surface area (TPSA) is 53.3 Å². The minimum atomic E-state index is -1.08. The zero-order valence-electron chi connectivity index (χ0n) is 12.6. The van der Waals surface area contributed by atoms with E-state index < -0.39 is 8.07 Å². The molecule has 5 nitrogen and oxygen atoms in total. The number of aromatic nitrogens is 2. The molecule has 0 N–H and O–H groups in total. The number of nitrogens with zero attached hydrogens (tertiary/aromatic N) is 2. The Morgan fingerprint density at radius 1 is 1.45 bits per heavy atom. The predicted octanol–water partition coefficient (Wildman–Crippen LogP) is 2.95. The second-order valence-electron chi connectivity index (χ2n) is 5.88. The van der Waals surface area contributed by atoms with Crippen LogP contribution in [0.2, 0.25) is 30.8 Å². The molecule has 0 fully saturated rings. The van der Waals surface area contributed by atoms with Crippen molar-refractivity contribution in [3.05, 3.63) is 17.2 Å². The number of carbonyl (C=O) groups excluding carboxylic acids is 1. The molecule has 0 saturated carbocycles. The molecule has 0 amide bonds. The summed E-state index contributed by atoms with van der Waals surface area (Å²) in [6.45, 7) is 8.09. The van der Waals surface area contributed by atoms with E-state index in [0.29, 0.717) is 18.3 Å². The standard InChI is InChI=1S/C13H23ClN2O3Si/c1-18-12(17)6-5-11-13(14)15-9-16(11)10-19-7-8-20(2,3)4/h9H,5-8,10H2,1-4H3. The zero-order valence-corrected chi connectivity index (χ0v) is 14.4. The van der Waals surface area contributed by atoms with Gasteiger partial charge in [-0.1, -0.05) is 31.2 Å². The summed E-state index contributed by atoms with van der Waals surface area (Å²) >= 11 is 6.02. The van der Waals surface area contributed by atoms with Crippen molar-refractivity contribution in [2.75, 3.05) is 13.7 Å². The van der Waals surface area contributed by atoms with Gasteiger partial charge in [0.2, 0.25) is 0 Å². The first-order valence-electron chi connectivity index (χ1n) is 6.67. The van der Waals surface area contributed by atoms with Gasteiger partial charge in [0.05, 0.1) is 25.6 Å². The van der Waals surface area contributed by atoms with Crippen LogP contribution in [-0.4, -0.2) is 37.3 Å². The van der Waals surface area contributed by atoms with E-state index in [-0.39, 0.29) is 12.4 Å². The molecule has 0 bridgehead atoms. The Morgan fingerprint density at radius 3 is 2.75 bits per heavy atom. The first-order chi connectivity index (χ1) is 9.33. The second-order valence-corrected chi connectivity index (χ2v) is 11.9. The van der Waals surface area contributed by atoms with Crippen LogP contribution < -0.4 is 0 Å². The van der Waals surface area contributed by atoms with E-state index in [2.05, 4.69) is 29.4 Å². The number of methoxy groups -OCH3 is 1. The molecule has 1 heterocycles. The summed E-state index contributed by atoms with van der Waals surface area (Å²) in [5.74, 6) is -0.256. The van der Waals surface area contributed by atoms with Gasteiger partial charge in [0, 0.05) is 21.1 Å². The van der Waals surface area contributed by atoms with Gasteiger partial charge in [0.1, 0.15) is 11.9 Å². The lowest BCUT2D eigenvalue weighted by atomic mass is 10.2. The molecule has 1 rings (SSSR count). The van der Waals surface area contributed by atoms with Gasteiger partial charge >= 0.3 is 5.97 Å². The van der Waals surface area contributed by atoms with E-state index in [4.69, 9.17) is 16.3 Å². The maximum absolute atomic E-state index is 11.2. The lowest BCUT2D eigenvalue weighted by molar-refractivity contribution is -0.140. The Labute approximate surface area is 126 Å². The van der Waals surface area contributed by atoms with Crippen molar-refractivity contribution in [3.8, 4) is 0 Å². The number of esters is 1. The Balaban J connectivity index is 2.48. The number of hydrogen-bond acceptors (Lipinski definition) is 4. The lowest BCUT2D eigenvalue weighted by Gasteiger charge is -2.16. The third kappa shape index (κ3) is 6.07. The van der Waals surface area contributed by atoms with Crippen LogP contribution in [0, 0.1) is 0 Å². The first kappa shape index (κ1) is 17.2. The number of hydrogen-bond donors (Lipinski definition) is 0. The molecule has 0 unspecified atom stereocenters. The minimum absolute atomic E-state index is 0.256. The fourth-order valence-corrected chi connectivity index (χ4v) is 2.61. The molecule has 0 atom stereocenters. The van der Waals surface area contributed by atoms with Crippen LogP contribution >= 0.6 is 11.6 Å². The number of rotatable bonds is 8. The summed E-state index contributed by atoms with van der Waals surface area (Å²) < 4.78 is 12.1. The molecule has 0 radical (unpaired) electrons. The average molecular weight is 319 g/mol. The molecular weight excluding hydrogens is 296 g/mol. The van der Waals surface area contributed by atoms with E-state index >= 15 is 0 Å². The van der Waals surface area contributed by atoms with Crippen LogP contribution in [0.3, 0.4) is 0 Å². The van der Waals surface area contributed by atoms with Gasteiger partial charge in [-0.05, 0) is 6.04 Å². The average Bonchev–Trinajstić information content (AvgIpc) is 2.71. The predicted molar refractivity (Wildman–Crippen MR) is 81.7 cm³/mol. The third-order valence-corrected chi connectivity index (χ3v) is 4.94. The SMILES string of the molecule is COC(=O)CCc1c(Cl)ncn1COCC[Si](C)(C)C. The third-order valence-electron chi connectivity index (χ3n) is 2.92. The highest BCUT2D eigenvalue weighted by Crippen LogP contribution is 2.16. The summed E-state index contributed by atoms with van der Waals surface area (Å²) in [5.41, 5.74) is 0.810. The Kier molecular flexibility index (Phi) is 6.71. The minimum Gasteiger partial charge on any atom is -0.469 e. The molecule has 1 aromatic rings. The lowest BCUT2D eigenvalue weighted by Crippen LogP contribution is -2.22. The van der Waals surface area contributed by atoms with Crippen molar-refractivity contribution >= 4 is 25.6 Å². The normalized spacial score (nSPS) is 11.7. The molecule has 0 saturated heterocycles. The van der Waals surface area contributed by atoms with Crippen molar-refractivity contribution in [1.29, 1.82) is 0 Å². The summed E-state index contributed by atoms with van der Waals surface area (Å²) in [4.78, 5) is 15.2. The van der Waals surface area contributed by atoms with Crippen molar-refractivity contribution < 1.29 is 14.3 Å². The molecule has 0 spiro atoms. The van der Waals surface area contributed by atoms with Gasteiger partial charge in [-0.3, -0.25) is 4.79 Å². The van der Waals surface area contributed by atoms with Gasteiger partial charge in [0.25, 0.3) is 0 Å². The second kappa shape index (κ2) is 7.80. The largest absolute Gasteiger partial charge is 0.469 e. The fraction of sp³-hybridized carbons (Fsp3) is 0.692. The van der Waals surface area contributed by atoms with E-state index in [0.717, 1.165) is 18.3 Å². The maximum atomic E-state index is 11.2. The first-order valence-corrected chi connectivity index (χ1v) is 10.8. The number of carbonyl (C=O) groups is 1. The molecule has 20 heavy (non-hydrogen) atoms. The zero-order chi connectivity index (χ0) is 15.2. The molecule has 0 aromatic carbocycles. The van der Waals surface area contributed by atoms with Gasteiger partial charge < -0.3 is 14.0 Å². The van der Waals surface area contributed by atoms with Crippen LogP contribution in [0.4, 0.5) is 0 Å². The number of halogens is 1. The maximum Gasteiger partial charge on any atom is 0.305 e. The van der Waals surface area contributed by atoms with Crippen LogP contribution in [0.25, 0.3) is 0 Å². The van der Waals surface area contributed by atoms with Crippen molar-refractivity contribution in [2.45, 2.75) is 45.3 Å². The van der Waals surface area contributed by atoms with Crippen LogP contribution in [0.5, 0.6) is 0 Å². The molecule has 7 heteroatoms. The van der Waals surface area contributed by atoms with Gasteiger partial charge in [-0.25, -0.2) is 4.98 Å². The van der Waals surface area contributed by atoms with Crippen molar-refractivity contribution in [1.82, 2.24) is 9.55 Å². The highest BCUT2D eigenvalue weighted by Gasteiger charge is 2.14. The van der Waals surface area contributed by atoms with Crippen molar-refractivity contribution in [2.24, 2.45) is 0 Å². The molecule has 0 aliphatic heterocycles. The van der Waals surface area contributed by atoms with Crippen LogP contribution in [0.15, 0.2) is 6.33 Å². The molecule has 1 aromatic heterocycles. The van der Waals surface area contributed by atoms with E-state index in [1.165, 1.54) is 7.11 Å². The molecule has 0 aliphatic rings. The van der Waals surface area contributed by atoms with Gasteiger partial charge in [-0.2, -0.15) is 0 Å². The van der Waals surface area contributed by atoms with Crippen molar-refractivity contribution in [3.63, 3.8) is 0 Å². The highest BCUT2D eigenvalue weighted by atomic mass is 35.5. The fourth-order valence-electron chi connectivity index (χ4n) is 1.60. The smallest absolute Gasteiger partial charge is 0.305 e.